The lowest BCUT2D eigenvalue weighted by atomic mass is 10.1. The number of hydrogen-bond acceptors (Lipinski definition) is 5. The van der Waals surface area contributed by atoms with Crippen molar-refractivity contribution in [2.24, 2.45) is 0 Å². The van der Waals surface area contributed by atoms with Crippen LogP contribution < -0.4 is 15.7 Å². The van der Waals surface area contributed by atoms with Crippen LogP contribution in [0.2, 0.25) is 5.02 Å². The highest BCUT2D eigenvalue weighted by atomic mass is 35.5. The molecule has 132 valence electrons. The standard InChI is InChI=1S/C18H12ClNO6/c1-25-15-8-13(12(19)7-10(15)17(22)23)20-16(21)11-6-9-4-2-3-5-14(9)26-18(11)24/h2-8H,1H3,(H,20,21)(H,22,23). The number of rotatable bonds is 4. The van der Waals surface area contributed by atoms with E-state index in [0.717, 1.165) is 6.07 Å². The molecule has 26 heavy (non-hydrogen) atoms. The van der Waals surface area contributed by atoms with Crippen molar-refractivity contribution in [3.8, 4) is 5.75 Å². The Morgan fingerprint density at radius 2 is 1.88 bits per heavy atom. The Hall–Kier alpha value is -3.32. The van der Waals surface area contributed by atoms with E-state index in [-0.39, 0.29) is 27.6 Å². The fourth-order valence-corrected chi connectivity index (χ4v) is 2.61. The summed E-state index contributed by atoms with van der Waals surface area (Å²) in [5, 5.41) is 12.2. The third kappa shape index (κ3) is 3.25. The van der Waals surface area contributed by atoms with Gasteiger partial charge >= 0.3 is 11.6 Å². The highest BCUT2D eigenvalue weighted by molar-refractivity contribution is 6.34. The molecule has 0 unspecified atom stereocenters. The predicted octanol–water partition coefficient (Wildman–Crippen LogP) is 3.41. The first-order valence-electron chi connectivity index (χ1n) is 7.35. The van der Waals surface area contributed by atoms with Gasteiger partial charge in [0.1, 0.15) is 22.5 Å². The Labute approximate surface area is 151 Å². The van der Waals surface area contributed by atoms with Gasteiger partial charge in [-0.2, -0.15) is 0 Å². The number of benzene rings is 2. The van der Waals surface area contributed by atoms with E-state index >= 15 is 0 Å². The molecule has 0 bridgehead atoms. The molecule has 0 saturated carbocycles. The lowest BCUT2D eigenvalue weighted by Crippen LogP contribution is -2.21. The zero-order valence-corrected chi connectivity index (χ0v) is 14.2. The molecule has 0 radical (unpaired) electrons. The van der Waals surface area contributed by atoms with Crippen LogP contribution in [-0.2, 0) is 0 Å². The maximum absolute atomic E-state index is 12.5. The second-order valence-electron chi connectivity index (χ2n) is 5.28. The van der Waals surface area contributed by atoms with Crippen molar-refractivity contribution >= 4 is 40.1 Å². The summed E-state index contributed by atoms with van der Waals surface area (Å²) in [5.41, 5.74) is -0.696. The third-order valence-electron chi connectivity index (χ3n) is 3.65. The van der Waals surface area contributed by atoms with Gasteiger partial charge in [-0.25, -0.2) is 9.59 Å². The molecule has 2 aromatic carbocycles. The number of nitrogens with one attached hydrogen (secondary N) is 1. The van der Waals surface area contributed by atoms with Crippen LogP contribution in [0, 0.1) is 0 Å². The number of anilines is 1. The zero-order chi connectivity index (χ0) is 18.8. The Balaban J connectivity index is 1.99. The van der Waals surface area contributed by atoms with E-state index in [1.165, 1.54) is 19.2 Å². The van der Waals surface area contributed by atoms with Gasteiger partial charge in [-0.3, -0.25) is 4.79 Å². The Bertz CT molecular complexity index is 1090. The van der Waals surface area contributed by atoms with E-state index in [2.05, 4.69) is 5.32 Å². The SMILES string of the molecule is COc1cc(NC(=O)c2cc3ccccc3oc2=O)c(Cl)cc1C(=O)O. The van der Waals surface area contributed by atoms with Crippen LogP contribution in [0.15, 0.2) is 51.7 Å². The molecule has 0 aliphatic heterocycles. The Morgan fingerprint density at radius 3 is 2.58 bits per heavy atom. The first kappa shape index (κ1) is 17.5. The van der Waals surface area contributed by atoms with Crippen molar-refractivity contribution in [2.75, 3.05) is 12.4 Å². The number of methoxy groups -OCH3 is 1. The molecule has 7 nitrogen and oxygen atoms in total. The van der Waals surface area contributed by atoms with Crippen molar-refractivity contribution in [1.82, 2.24) is 0 Å². The summed E-state index contributed by atoms with van der Waals surface area (Å²) in [4.78, 5) is 35.7. The minimum Gasteiger partial charge on any atom is -0.496 e. The van der Waals surface area contributed by atoms with Crippen molar-refractivity contribution in [3.05, 3.63) is 69.0 Å². The fraction of sp³-hybridized carbons (Fsp3) is 0.0556. The Morgan fingerprint density at radius 1 is 1.15 bits per heavy atom. The van der Waals surface area contributed by atoms with Crippen molar-refractivity contribution in [3.63, 3.8) is 0 Å². The molecule has 3 aromatic rings. The molecule has 1 heterocycles. The number of carbonyl (C=O) groups excluding carboxylic acids is 1. The summed E-state index contributed by atoms with van der Waals surface area (Å²) in [6.07, 6.45) is 0. The molecule has 0 aliphatic rings. The third-order valence-corrected chi connectivity index (χ3v) is 3.97. The molecule has 0 aliphatic carbocycles. The summed E-state index contributed by atoms with van der Waals surface area (Å²) in [6.45, 7) is 0. The number of ether oxygens (including phenoxy) is 1. The summed E-state index contributed by atoms with van der Waals surface area (Å²) in [6, 6.07) is 10.6. The highest BCUT2D eigenvalue weighted by Crippen LogP contribution is 2.31. The lowest BCUT2D eigenvalue weighted by Gasteiger charge is -2.11. The molecule has 0 atom stereocenters. The van der Waals surface area contributed by atoms with E-state index in [0.29, 0.717) is 11.0 Å². The summed E-state index contributed by atoms with van der Waals surface area (Å²) >= 11 is 6.03. The molecule has 2 N–H and O–H groups in total. The molecular weight excluding hydrogens is 362 g/mol. The normalized spacial score (nSPS) is 10.5. The molecule has 0 saturated heterocycles. The maximum atomic E-state index is 12.5. The monoisotopic (exact) mass is 373 g/mol. The zero-order valence-electron chi connectivity index (χ0n) is 13.4. The molecule has 0 spiro atoms. The number of carboxylic acids is 1. The molecule has 0 fully saturated rings. The number of amides is 1. The van der Waals surface area contributed by atoms with Gasteiger partial charge in [0.05, 0.1) is 17.8 Å². The lowest BCUT2D eigenvalue weighted by molar-refractivity contribution is 0.0693. The number of fused-ring (bicyclic) bond motifs is 1. The van der Waals surface area contributed by atoms with E-state index in [1.54, 1.807) is 24.3 Å². The number of carboxylic acid groups (broad SMARTS) is 1. The van der Waals surface area contributed by atoms with Gasteiger partial charge in [0, 0.05) is 11.5 Å². The maximum Gasteiger partial charge on any atom is 0.349 e. The minimum absolute atomic E-state index is 0.0123. The van der Waals surface area contributed by atoms with Crippen LogP contribution in [0.1, 0.15) is 20.7 Å². The van der Waals surface area contributed by atoms with Crippen LogP contribution in [0.5, 0.6) is 5.75 Å². The van der Waals surface area contributed by atoms with Crippen LogP contribution >= 0.6 is 11.6 Å². The van der Waals surface area contributed by atoms with Crippen LogP contribution in [0.3, 0.4) is 0 Å². The highest BCUT2D eigenvalue weighted by Gasteiger charge is 2.19. The summed E-state index contributed by atoms with van der Waals surface area (Å²) in [5.74, 6) is -1.95. The van der Waals surface area contributed by atoms with Crippen molar-refractivity contribution in [1.29, 1.82) is 0 Å². The Kier molecular flexibility index (Phi) is 4.64. The molecule has 3 rings (SSSR count). The van der Waals surface area contributed by atoms with Crippen LogP contribution in [0.4, 0.5) is 5.69 Å². The van der Waals surface area contributed by atoms with Crippen molar-refractivity contribution < 1.29 is 23.8 Å². The quantitative estimate of drug-likeness (QED) is 0.679. The number of aromatic carboxylic acids is 1. The van der Waals surface area contributed by atoms with Gasteiger partial charge in [-0.15, -0.1) is 0 Å². The molecule has 1 aromatic heterocycles. The van der Waals surface area contributed by atoms with Gasteiger partial charge in [-0.1, -0.05) is 29.8 Å². The number of para-hydroxylation sites is 1. The van der Waals surface area contributed by atoms with Crippen LogP contribution in [0.25, 0.3) is 11.0 Å². The number of carbonyl (C=O) groups is 2. The van der Waals surface area contributed by atoms with Gasteiger partial charge < -0.3 is 19.6 Å². The average molecular weight is 374 g/mol. The van der Waals surface area contributed by atoms with E-state index < -0.39 is 17.5 Å². The van der Waals surface area contributed by atoms with Gasteiger partial charge in [0.15, 0.2) is 0 Å². The second-order valence-corrected chi connectivity index (χ2v) is 5.68. The summed E-state index contributed by atoms with van der Waals surface area (Å²) in [7, 11) is 1.29. The first-order valence-corrected chi connectivity index (χ1v) is 7.73. The number of halogens is 1. The van der Waals surface area contributed by atoms with E-state index in [9.17, 15) is 14.4 Å². The molecule has 1 amide bonds. The smallest absolute Gasteiger partial charge is 0.349 e. The fourth-order valence-electron chi connectivity index (χ4n) is 2.40. The minimum atomic E-state index is -1.23. The van der Waals surface area contributed by atoms with Crippen LogP contribution in [-0.4, -0.2) is 24.1 Å². The largest absolute Gasteiger partial charge is 0.496 e. The second kappa shape index (κ2) is 6.89. The van der Waals surface area contributed by atoms with E-state index in [1.807, 2.05) is 0 Å². The van der Waals surface area contributed by atoms with E-state index in [4.69, 9.17) is 25.9 Å². The first-order chi connectivity index (χ1) is 12.4. The van der Waals surface area contributed by atoms with Gasteiger partial charge in [-0.05, 0) is 18.2 Å². The van der Waals surface area contributed by atoms with Gasteiger partial charge in [0.2, 0.25) is 0 Å². The predicted molar refractivity (Wildman–Crippen MR) is 95.4 cm³/mol. The van der Waals surface area contributed by atoms with Crippen molar-refractivity contribution in [2.45, 2.75) is 0 Å². The molecule has 8 heteroatoms. The molecular formula is C18H12ClNO6. The number of hydrogen-bond donors (Lipinski definition) is 2. The summed E-state index contributed by atoms with van der Waals surface area (Å²) < 4.78 is 10.1. The topological polar surface area (TPSA) is 106 Å². The average Bonchev–Trinajstić information content (AvgIpc) is 2.62. The van der Waals surface area contributed by atoms with Gasteiger partial charge in [0.25, 0.3) is 5.91 Å².